The first kappa shape index (κ1) is 14.2. The van der Waals surface area contributed by atoms with E-state index in [4.69, 9.17) is 11.6 Å². The molecule has 2 nitrogen and oxygen atoms in total. The Morgan fingerprint density at radius 2 is 2.05 bits per heavy atom. The topological polar surface area (TPSA) is 30.0 Å². The van der Waals surface area contributed by atoms with Crippen LogP contribution in [-0.4, -0.2) is 10.2 Å². The number of fused-ring (bicyclic) bond motifs is 1. The predicted molar refractivity (Wildman–Crippen MR) is 89.4 cm³/mol. The number of hydrogen-bond donors (Lipinski definition) is 0. The number of halogens is 1. The quantitative estimate of drug-likeness (QED) is 0.621. The van der Waals surface area contributed by atoms with Crippen molar-refractivity contribution in [1.82, 2.24) is 4.98 Å². The number of carbonyl (C=O) groups excluding carboxylic acids is 1. The summed E-state index contributed by atoms with van der Waals surface area (Å²) in [6.07, 6.45) is 0.999. The van der Waals surface area contributed by atoms with E-state index in [2.05, 4.69) is 18.0 Å². The van der Waals surface area contributed by atoms with Crippen LogP contribution in [0.15, 0.2) is 36.4 Å². The maximum atomic E-state index is 11.8. The molecule has 0 aliphatic carbocycles. The highest BCUT2D eigenvalue weighted by atomic mass is 35.5. The molecule has 0 spiro atoms. The molecule has 0 radical (unpaired) electrons. The minimum atomic E-state index is -0.443. The van der Waals surface area contributed by atoms with Gasteiger partial charge in [-0.3, -0.25) is 4.79 Å². The molecule has 0 atom stereocenters. The SMILES string of the molecule is CCc1ccc(-c2cc(C(=O)Cl)c3cc(C)ccc3n2)s1. The van der Waals surface area contributed by atoms with Crippen LogP contribution in [0, 0.1) is 6.92 Å². The highest BCUT2D eigenvalue weighted by Gasteiger charge is 2.13. The van der Waals surface area contributed by atoms with E-state index in [1.807, 2.05) is 31.2 Å². The Morgan fingerprint density at radius 3 is 2.71 bits per heavy atom. The first-order chi connectivity index (χ1) is 10.1. The van der Waals surface area contributed by atoms with Crippen molar-refractivity contribution in [3.8, 4) is 10.6 Å². The van der Waals surface area contributed by atoms with Crippen molar-refractivity contribution < 1.29 is 4.79 Å². The van der Waals surface area contributed by atoms with E-state index in [9.17, 15) is 4.79 Å². The van der Waals surface area contributed by atoms with E-state index < -0.39 is 5.24 Å². The monoisotopic (exact) mass is 315 g/mol. The average Bonchev–Trinajstić information content (AvgIpc) is 2.95. The average molecular weight is 316 g/mol. The van der Waals surface area contributed by atoms with Gasteiger partial charge in [0.1, 0.15) is 0 Å². The number of nitrogens with zero attached hydrogens (tertiary/aromatic N) is 1. The van der Waals surface area contributed by atoms with Crippen molar-refractivity contribution in [3.63, 3.8) is 0 Å². The van der Waals surface area contributed by atoms with Gasteiger partial charge in [-0.15, -0.1) is 11.3 Å². The second-order valence-electron chi connectivity index (χ2n) is 4.97. The molecule has 3 aromatic rings. The molecule has 0 aliphatic heterocycles. The highest BCUT2D eigenvalue weighted by Crippen LogP contribution is 2.31. The molecule has 0 bridgehead atoms. The fourth-order valence-corrected chi connectivity index (χ4v) is 3.40. The van der Waals surface area contributed by atoms with E-state index in [0.29, 0.717) is 5.56 Å². The lowest BCUT2D eigenvalue weighted by Crippen LogP contribution is -1.95. The van der Waals surface area contributed by atoms with E-state index in [1.54, 1.807) is 17.4 Å². The molecular formula is C17H14ClNOS. The van der Waals surface area contributed by atoms with Gasteiger partial charge < -0.3 is 0 Å². The summed E-state index contributed by atoms with van der Waals surface area (Å²) < 4.78 is 0. The van der Waals surface area contributed by atoms with E-state index in [0.717, 1.165) is 33.5 Å². The first-order valence-electron chi connectivity index (χ1n) is 6.79. The zero-order chi connectivity index (χ0) is 15.0. The Bertz CT molecular complexity index is 838. The number of hydrogen-bond acceptors (Lipinski definition) is 3. The van der Waals surface area contributed by atoms with Gasteiger partial charge in [0.25, 0.3) is 5.24 Å². The van der Waals surface area contributed by atoms with Crippen LogP contribution >= 0.6 is 22.9 Å². The maximum Gasteiger partial charge on any atom is 0.253 e. The van der Waals surface area contributed by atoms with Gasteiger partial charge in [0.2, 0.25) is 0 Å². The molecule has 0 fully saturated rings. The van der Waals surface area contributed by atoms with Gasteiger partial charge in [-0.1, -0.05) is 18.6 Å². The van der Waals surface area contributed by atoms with Crippen LogP contribution in [0.4, 0.5) is 0 Å². The van der Waals surface area contributed by atoms with Crippen molar-refractivity contribution in [2.24, 2.45) is 0 Å². The van der Waals surface area contributed by atoms with Crippen LogP contribution in [-0.2, 0) is 6.42 Å². The lowest BCUT2D eigenvalue weighted by atomic mass is 10.1. The number of benzene rings is 1. The standard InChI is InChI=1S/C17H14ClNOS/c1-3-11-5-7-16(21-11)15-9-13(17(18)20)12-8-10(2)4-6-14(12)19-15/h4-9H,3H2,1-2H3. The number of pyridine rings is 1. The van der Waals surface area contributed by atoms with E-state index >= 15 is 0 Å². The lowest BCUT2D eigenvalue weighted by Gasteiger charge is -2.06. The Labute approximate surface area is 132 Å². The second-order valence-corrected chi connectivity index (χ2v) is 6.48. The minimum absolute atomic E-state index is 0.443. The third-order valence-corrected chi connectivity index (χ3v) is 4.89. The molecule has 21 heavy (non-hydrogen) atoms. The summed E-state index contributed by atoms with van der Waals surface area (Å²) in [6, 6.07) is 11.8. The number of thiophene rings is 1. The summed E-state index contributed by atoms with van der Waals surface area (Å²) in [5.41, 5.74) is 3.21. The van der Waals surface area contributed by atoms with E-state index in [-0.39, 0.29) is 0 Å². The Hall–Kier alpha value is -1.71. The summed E-state index contributed by atoms with van der Waals surface area (Å²) >= 11 is 7.46. The number of aromatic nitrogens is 1. The third-order valence-electron chi connectivity index (χ3n) is 3.44. The zero-order valence-electron chi connectivity index (χ0n) is 11.8. The van der Waals surface area contributed by atoms with Gasteiger partial charge in [0, 0.05) is 15.8 Å². The molecule has 106 valence electrons. The largest absolute Gasteiger partial charge is 0.276 e. The van der Waals surface area contributed by atoms with Crippen molar-refractivity contribution in [3.05, 3.63) is 52.4 Å². The molecule has 0 amide bonds. The summed E-state index contributed by atoms with van der Waals surface area (Å²) in [7, 11) is 0. The second kappa shape index (κ2) is 5.58. The minimum Gasteiger partial charge on any atom is -0.276 e. The van der Waals surface area contributed by atoms with Gasteiger partial charge in [0.15, 0.2) is 0 Å². The molecule has 0 aliphatic rings. The zero-order valence-corrected chi connectivity index (χ0v) is 13.4. The number of rotatable bonds is 3. The Balaban J connectivity index is 2.25. The molecular weight excluding hydrogens is 302 g/mol. The third kappa shape index (κ3) is 2.71. The van der Waals surface area contributed by atoms with Crippen molar-refractivity contribution in [1.29, 1.82) is 0 Å². The molecule has 0 saturated heterocycles. The molecule has 4 heteroatoms. The highest BCUT2D eigenvalue weighted by molar-refractivity contribution is 7.15. The molecule has 3 rings (SSSR count). The number of aryl methyl sites for hydroxylation is 2. The molecule has 1 aromatic carbocycles. The summed E-state index contributed by atoms with van der Waals surface area (Å²) in [6.45, 7) is 4.11. The van der Waals surface area contributed by atoms with Gasteiger partial charge in [-0.05, 0) is 55.3 Å². The molecule has 0 saturated carbocycles. The normalized spacial score (nSPS) is 11.0. The van der Waals surface area contributed by atoms with Gasteiger partial charge >= 0.3 is 0 Å². The van der Waals surface area contributed by atoms with Crippen molar-refractivity contribution in [2.75, 3.05) is 0 Å². The van der Waals surface area contributed by atoms with Gasteiger partial charge in [0.05, 0.1) is 16.1 Å². The van der Waals surface area contributed by atoms with Crippen molar-refractivity contribution >= 4 is 39.1 Å². The smallest absolute Gasteiger partial charge is 0.253 e. The van der Waals surface area contributed by atoms with Crippen LogP contribution in [0.2, 0.25) is 0 Å². The first-order valence-corrected chi connectivity index (χ1v) is 7.98. The Morgan fingerprint density at radius 1 is 1.24 bits per heavy atom. The molecule has 2 aromatic heterocycles. The van der Waals surface area contributed by atoms with Crippen LogP contribution in [0.25, 0.3) is 21.5 Å². The lowest BCUT2D eigenvalue weighted by molar-refractivity contribution is 0.108. The predicted octanol–water partition coefficient (Wildman–Crippen LogP) is 5.21. The summed E-state index contributed by atoms with van der Waals surface area (Å²) in [4.78, 5) is 18.8. The fourth-order valence-electron chi connectivity index (χ4n) is 2.33. The van der Waals surface area contributed by atoms with Crippen LogP contribution in [0.1, 0.15) is 27.7 Å². The summed E-state index contributed by atoms with van der Waals surface area (Å²) in [5, 5.41) is 0.368. The maximum absolute atomic E-state index is 11.8. The fraction of sp³-hybridized carbons (Fsp3) is 0.176. The van der Waals surface area contributed by atoms with Crippen LogP contribution in [0.3, 0.4) is 0 Å². The van der Waals surface area contributed by atoms with Crippen LogP contribution < -0.4 is 0 Å². The molecule has 0 unspecified atom stereocenters. The van der Waals surface area contributed by atoms with Crippen LogP contribution in [0.5, 0.6) is 0 Å². The van der Waals surface area contributed by atoms with E-state index in [1.165, 1.54) is 4.88 Å². The molecule has 0 N–H and O–H groups in total. The molecule has 2 heterocycles. The van der Waals surface area contributed by atoms with Gasteiger partial charge in [-0.25, -0.2) is 4.98 Å². The van der Waals surface area contributed by atoms with Crippen molar-refractivity contribution in [2.45, 2.75) is 20.3 Å². The van der Waals surface area contributed by atoms with Gasteiger partial charge in [-0.2, -0.15) is 0 Å². The number of carbonyl (C=O) groups is 1. The summed E-state index contributed by atoms with van der Waals surface area (Å²) in [5.74, 6) is 0. The Kier molecular flexibility index (Phi) is 3.79.